The van der Waals surface area contributed by atoms with E-state index >= 15 is 0 Å². The van der Waals surface area contributed by atoms with Gasteiger partial charge in [-0.1, -0.05) is 17.6 Å². The van der Waals surface area contributed by atoms with Crippen LogP contribution in [0.2, 0.25) is 0 Å². The molecule has 0 bridgehead atoms. The summed E-state index contributed by atoms with van der Waals surface area (Å²) in [6.45, 7) is 0. The minimum absolute atomic E-state index is 1.05. The first-order chi connectivity index (χ1) is 6.93. The molecule has 3 saturated carbocycles. The Balaban J connectivity index is 1.77. The van der Waals surface area contributed by atoms with E-state index in [1.807, 2.05) is 11.1 Å². The highest BCUT2D eigenvalue weighted by Crippen LogP contribution is 2.63. The van der Waals surface area contributed by atoms with Gasteiger partial charge in [0, 0.05) is 0 Å². The van der Waals surface area contributed by atoms with Gasteiger partial charge in [0.05, 0.1) is 0 Å². The zero-order valence-electron chi connectivity index (χ0n) is 8.97. The molecule has 4 rings (SSSR count). The average Bonchev–Trinajstić information content (AvgIpc) is 2.90. The molecular weight excluding hydrogens is 168 g/mol. The molecule has 0 spiro atoms. The molecule has 76 valence electrons. The summed E-state index contributed by atoms with van der Waals surface area (Å²) in [4.78, 5) is 0. The maximum Gasteiger partial charge on any atom is -0.0166 e. The first-order valence-corrected chi connectivity index (χ1v) is 6.66. The molecule has 4 aliphatic carbocycles. The van der Waals surface area contributed by atoms with E-state index in [-0.39, 0.29) is 0 Å². The van der Waals surface area contributed by atoms with Gasteiger partial charge in [-0.15, -0.1) is 0 Å². The van der Waals surface area contributed by atoms with Crippen LogP contribution >= 0.6 is 0 Å². The standard InChI is InChI=1S/C14H20/c1-2-4-12-9(3-1)5-6-10-7-11-8-13(11)14(10)12/h9-11,13H,1-8H2. The number of fused-ring (bicyclic) bond motifs is 4. The first-order valence-electron chi connectivity index (χ1n) is 6.66. The van der Waals surface area contributed by atoms with Crippen molar-refractivity contribution >= 4 is 0 Å². The zero-order chi connectivity index (χ0) is 9.12. The van der Waals surface area contributed by atoms with E-state index in [2.05, 4.69) is 0 Å². The van der Waals surface area contributed by atoms with Crippen LogP contribution in [0.4, 0.5) is 0 Å². The lowest BCUT2D eigenvalue weighted by atomic mass is 9.70. The summed E-state index contributed by atoms with van der Waals surface area (Å²) in [7, 11) is 0. The minimum atomic E-state index is 1.05. The summed E-state index contributed by atoms with van der Waals surface area (Å²) in [5.74, 6) is 4.39. The third kappa shape index (κ3) is 0.951. The Morgan fingerprint density at radius 2 is 1.79 bits per heavy atom. The lowest BCUT2D eigenvalue weighted by Gasteiger charge is -2.35. The molecule has 3 fully saturated rings. The Kier molecular flexibility index (Phi) is 1.51. The molecular formula is C14H20. The minimum Gasteiger partial charge on any atom is -0.0673 e. The maximum absolute atomic E-state index is 2.02. The van der Waals surface area contributed by atoms with Crippen molar-refractivity contribution < 1.29 is 0 Å². The number of allylic oxidation sites excluding steroid dienone is 2. The summed E-state index contributed by atoms with van der Waals surface area (Å²) in [6.07, 6.45) is 12.3. The van der Waals surface area contributed by atoms with E-state index in [0.29, 0.717) is 0 Å². The summed E-state index contributed by atoms with van der Waals surface area (Å²) in [6, 6.07) is 0. The summed E-state index contributed by atoms with van der Waals surface area (Å²) in [5, 5.41) is 0. The normalized spacial score (nSPS) is 49.7. The predicted molar refractivity (Wildman–Crippen MR) is 57.9 cm³/mol. The van der Waals surface area contributed by atoms with E-state index in [0.717, 1.165) is 23.7 Å². The quantitative estimate of drug-likeness (QED) is 0.505. The lowest BCUT2D eigenvalue weighted by Crippen LogP contribution is -2.21. The van der Waals surface area contributed by atoms with Crippen LogP contribution in [0.1, 0.15) is 51.4 Å². The van der Waals surface area contributed by atoms with Gasteiger partial charge in [-0.2, -0.15) is 0 Å². The molecule has 0 radical (unpaired) electrons. The highest BCUT2D eigenvalue weighted by molar-refractivity contribution is 5.34. The molecule has 4 unspecified atom stereocenters. The molecule has 0 nitrogen and oxygen atoms in total. The third-order valence-corrected chi connectivity index (χ3v) is 5.33. The SMILES string of the molecule is C1CCC2CCC3CC4CC4C3=C2C1. The Labute approximate surface area is 86.8 Å². The molecule has 4 aliphatic rings. The van der Waals surface area contributed by atoms with Crippen LogP contribution < -0.4 is 0 Å². The van der Waals surface area contributed by atoms with Crippen molar-refractivity contribution in [2.75, 3.05) is 0 Å². The fourth-order valence-corrected chi connectivity index (χ4v) is 4.64. The van der Waals surface area contributed by atoms with Gasteiger partial charge < -0.3 is 0 Å². The molecule has 0 aliphatic heterocycles. The van der Waals surface area contributed by atoms with Gasteiger partial charge >= 0.3 is 0 Å². The zero-order valence-corrected chi connectivity index (χ0v) is 8.97. The van der Waals surface area contributed by atoms with Crippen LogP contribution in [-0.4, -0.2) is 0 Å². The fraction of sp³-hybridized carbons (Fsp3) is 0.857. The van der Waals surface area contributed by atoms with Gasteiger partial charge in [0.2, 0.25) is 0 Å². The van der Waals surface area contributed by atoms with Crippen molar-refractivity contribution in [3.05, 3.63) is 11.1 Å². The second-order valence-electron chi connectivity index (χ2n) is 6.04. The largest absolute Gasteiger partial charge is 0.0673 e. The Morgan fingerprint density at radius 3 is 2.79 bits per heavy atom. The molecule has 0 amide bonds. The Morgan fingerprint density at radius 1 is 0.857 bits per heavy atom. The van der Waals surface area contributed by atoms with Crippen molar-refractivity contribution in [3.8, 4) is 0 Å². The van der Waals surface area contributed by atoms with Crippen molar-refractivity contribution in [1.29, 1.82) is 0 Å². The van der Waals surface area contributed by atoms with Crippen LogP contribution in [0.15, 0.2) is 11.1 Å². The second-order valence-corrected chi connectivity index (χ2v) is 6.04. The van der Waals surface area contributed by atoms with Gasteiger partial charge in [0.1, 0.15) is 0 Å². The molecule has 0 saturated heterocycles. The van der Waals surface area contributed by atoms with Crippen molar-refractivity contribution in [1.82, 2.24) is 0 Å². The highest BCUT2D eigenvalue weighted by atomic mass is 14.6. The van der Waals surface area contributed by atoms with Crippen molar-refractivity contribution in [2.45, 2.75) is 51.4 Å². The lowest BCUT2D eigenvalue weighted by molar-refractivity contribution is 0.345. The van der Waals surface area contributed by atoms with E-state index in [4.69, 9.17) is 0 Å². The third-order valence-electron chi connectivity index (χ3n) is 5.33. The number of hydrogen-bond acceptors (Lipinski definition) is 0. The van der Waals surface area contributed by atoms with Gasteiger partial charge in [0.25, 0.3) is 0 Å². The fourth-order valence-electron chi connectivity index (χ4n) is 4.64. The van der Waals surface area contributed by atoms with Gasteiger partial charge in [-0.05, 0) is 68.6 Å². The van der Waals surface area contributed by atoms with Crippen LogP contribution in [0.25, 0.3) is 0 Å². The van der Waals surface area contributed by atoms with Crippen LogP contribution in [0, 0.1) is 23.7 Å². The molecule has 0 N–H and O–H groups in total. The topological polar surface area (TPSA) is 0 Å². The van der Waals surface area contributed by atoms with Crippen LogP contribution in [-0.2, 0) is 0 Å². The van der Waals surface area contributed by atoms with Crippen molar-refractivity contribution in [2.24, 2.45) is 23.7 Å². The highest BCUT2D eigenvalue weighted by Gasteiger charge is 2.52. The molecule has 4 atom stereocenters. The monoisotopic (exact) mass is 188 g/mol. The van der Waals surface area contributed by atoms with E-state index in [1.54, 1.807) is 25.7 Å². The Hall–Kier alpha value is -0.260. The van der Waals surface area contributed by atoms with E-state index in [9.17, 15) is 0 Å². The molecule has 0 aromatic carbocycles. The molecule has 0 aromatic rings. The molecule has 0 aromatic heterocycles. The van der Waals surface area contributed by atoms with E-state index in [1.165, 1.54) is 25.7 Å². The number of hydrogen-bond donors (Lipinski definition) is 0. The van der Waals surface area contributed by atoms with Gasteiger partial charge in [-0.3, -0.25) is 0 Å². The van der Waals surface area contributed by atoms with Gasteiger partial charge in [-0.25, -0.2) is 0 Å². The first kappa shape index (κ1) is 7.96. The van der Waals surface area contributed by atoms with E-state index < -0.39 is 0 Å². The summed E-state index contributed by atoms with van der Waals surface area (Å²) < 4.78 is 0. The maximum atomic E-state index is 2.02. The Bertz CT molecular complexity index is 299. The van der Waals surface area contributed by atoms with Gasteiger partial charge in [0.15, 0.2) is 0 Å². The molecule has 14 heavy (non-hydrogen) atoms. The van der Waals surface area contributed by atoms with Crippen LogP contribution in [0.5, 0.6) is 0 Å². The molecule has 0 heterocycles. The molecule has 0 heteroatoms. The predicted octanol–water partition coefficient (Wildman–Crippen LogP) is 3.92. The second kappa shape index (κ2) is 2.65. The summed E-state index contributed by atoms with van der Waals surface area (Å²) in [5.41, 5.74) is 4.00. The smallest absolute Gasteiger partial charge is 0.0166 e. The average molecular weight is 188 g/mol. The van der Waals surface area contributed by atoms with Crippen LogP contribution in [0.3, 0.4) is 0 Å². The van der Waals surface area contributed by atoms with Crippen molar-refractivity contribution in [3.63, 3.8) is 0 Å². The summed E-state index contributed by atoms with van der Waals surface area (Å²) >= 11 is 0. The number of rotatable bonds is 0.